The summed E-state index contributed by atoms with van der Waals surface area (Å²) in [5, 5.41) is 6.26. The van der Waals surface area contributed by atoms with Crippen LogP contribution in [0.4, 0.5) is 8.78 Å². The van der Waals surface area contributed by atoms with Crippen LogP contribution in [0.1, 0.15) is 11.1 Å². The Labute approximate surface area is 150 Å². The number of hydrogen-bond donors (Lipinski definition) is 2. The minimum absolute atomic E-state index is 0.266. The highest BCUT2D eigenvalue weighted by Gasteiger charge is 2.06. The van der Waals surface area contributed by atoms with Gasteiger partial charge in [0.15, 0.2) is 5.96 Å². The fourth-order valence-electron chi connectivity index (χ4n) is 2.47. The lowest BCUT2D eigenvalue weighted by Crippen LogP contribution is -2.36. The average Bonchev–Trinajstić information content (AvgIpc) is 3.18. The number of hydrogen-bond acceptors (Lipinski definition) is 2. The molecule has 0 aliphatic carbocycles. The number of rotatable bonds is 5. The Balaban J connectivity index is 1.56. The van der Waals surface area contributed by atoms with Crippen LogP contribution in [-0.2, 0) is 13.1 Å². The SMILES string of the molecule is CN=C(NCc1ccc(F)cc1)NCc1ccc(-n2ccnc2)c(F)c1. The van der Waals surface area contributed by atoms with E-state index in [0.29, 0.717) is 24.7 Å². The lowest BCUT2D eigenvalue weighted by Gasteiger charge is -2.13. The van der Waals surface area contributed by atoms with Gasteiger partial charge in [-0.2, -0.15) is 0 Å². The molecule has 5 nitrogen and oxygen atoms in total. The van der Waals surface area contributed by atoms with E-state index in [1.165, 1.54) is 18.2 Å². The highest BCUT2D eigenvalue weighted by molar-refractivity contribution is 5.79. The largest absolute Gasteiger partial charge is 0.352 e. The zero-order valence-electron chi connectivity index (χ0n) is 14.3. The van der Waals surface area contributed by atoms with Gasteiger partial charge in [-0.25, -0.2) is 13.8 Å². The molecule has 0 radical (unpaired) electrons. The lowest BCUT2D eigenvalue weighted by atomic mass is 10.2. The van der Waals surface area contributed by atoms with Crippen LogP contribution in [0.5, 0.6) is 0 Å². The summed E-state index contributed by atoms with van der Waals surface area (Å²) in [6, 6.07) is 11.3. The zero-order chi connectivity index (χ0) is 18.4. The van der Waals surface area contributed by atoms with Gasteiger partial charge in [0, 0.05) is 32.5 Å². The van der Waals surface area contributed by atoms with E-state index in [0.717, 1.165) is 11.1 Å². The number of benzene rings is 2. The normalized spacial score (nSPS) is 11.4. The van der Waals surface area contributed by atoms with Crippen LogP contribution in [-0.4, -0.2) is 22.6 Å². The first kappa shape index (κ1) is 17.6. The van der Waals surface area contributed by atoms with E-state index in [4.69, 9.17) is 0 Å². The van der Waals surface area contributed by atoms with Crippen molar-refractivity contribution in [2.75, 3.05) is 7.05 Å². The molecular weight excluding hydrogens is 336 g/mol. The molecule has 0 bridgehead atoms. The number of halogens is 2. The molecule has 0 amide bonds. The lowest BCUT2D eigenvalue weighted by molar-refractivity contribution is 0.614. The van der Waals surface area contributed by atoms with E-state index < -0.39 is 0 Å². The molecular formula is C19H19F2N5. The van der Waals surface area contributed by atoms with E-state index in [1.54, 1.807) is 48.5 Å². The third kappa shape index (κ3) is 4.44. The summed E-state index contributed by atoms with van der Waals surface area (Å²) in [5.41, 5.74) is 2.17. The molecule has 3 rings (SSSR count). The van der Waals surface area contributed by atoms with Gasteiger partial charge < -0.3 is 15.2 Å². The van der Waals surface area contributed by atoms with Crippen molar-refractivity contribution in [2.24, 2.45) is 4.99 Å². The highest BCUT2D eigenvalue weighted by atomic mass is 19.1. The summed E-state index contributed by atoms with van der Waals surface area (Å²) in [5.74, 6) is -0.0117. The minimum Gasteiger partial charge on any atom is -0.352 e. The van der Waals surface area contributed by atoms with Gasteiger partial charge >= 0.3 is 0 Å². The first-order valence-corrected chi connectivity index (χ1v) is 8.11. The Kier molecular flexibility index (Phi) is 5.58. The molecule has 1 aromatic heterocycles. The Bertz CT molecular complexity index is 873. The molecule has 0 aliphatic heterocycles. The van der Waals surface area contributed by atoms with Crippen LogP contribution in [0.25, 0.3) is 5.69 Å². The first-order chi connectivity index (χ1) is 12.7. The fourth-order valence-corrected chi connectivity index (χ4v) is 2.47. The van der Waals surface area contributed by atoms with Gasteiger partial charge in [-0.15, -0.1) is 0 Å². The maximum atomic E-state index is 14.3. The molecule has 7 heteroatoms. The summed E-state index contributed by atoms with van der Waals surface area (Å²) in [6.07, 6.45) is 4.85. The monoisotopic (exact) mass is 355 g/mol. The Morgan fingerprint density at radius 2 is 1.73 bits per heavy atom. The minimum atomic E-state index is -0.323. The fraction of sp³-hybridized carbons (Fsp3) is 0.158. The van der Waals surface area contributed by atoms with Gasteiger partial charge in [-0.05, 0) is 35.4 Å². The quantitative estimate of drug-likeness (QED) is 0.546. The Morgan fingerprint density at radius 3 is 2.35 bits per heavy atom. The van der Waals surface area contributed by atoms with Crippen molar-refractivity contribution in [1.82, 2.24) is 20.2 Å². The zero-order valence-corrected chi connectivity index (χ0v) is 14.3. The summed E-state index contributed by atoms with van der Waals surface area (Å²) in [4.78, 5) is 8.05. The predicted octanol–water partition coefficient (Wildman–Crippen LogP) is 3.02. The molecule has 134 valence electrons. The predicted molar refractivity (Wildman–Crippen MR) is 97.0 cm³/mol. The van der Waals surface area contributed by atoms with Crippen LogP contribution in [0.3, 0.4) is 0 Å². The van der Waals surface area contributed by atoms with Gasteiger partial charge in [0.1, 0.15) is 11.6 Å². The Morgan fingerprint density at radius 1 is 1.04 bits per heavy atom. The molecule has 0 aliphatic rings. The van der Waals surface area contributed by atoms with Crippen molar-refractivity contribution in [3.63, 3.8) is 0 Å². The third-order valence-electron chi connectivity index (χ3n) is 3.85. The average molecular weight is 355 g/mol. The summed E-state index contributed by atoms with van der Waals surface area (Å²) < 4.78 is 28.8. The van der Waals surface area contributed by atoms with Crippen LogP contribution in [0.15, 0.2) is 66.2 Å². The molecule has 0 unspecified atom stereocenters. The molecule has 26 heavy (non-hydrogen) atoms. The van der Waals surface area contributed by atoms with Crippen molar-refractivity contribution in [3.05, 3.63) is 83.9 Å². The maximum absolute atomic E-state index is 14.3. The van der Waals surface area contributed by atoms with Crippen molar-refractivity contribution in [1.29, 1.82) is 0 Å². The van der Waals surface area contributed by atoms with Crippen LogP contribution < -0.4 is 10.6 Å². The summed E-state index contributed by atoms with van der Waals surface area (Å²) in [7, 11) is 1.66. The molecule has 0 saturated heterocycles. The van der Waals surface area contributed by atoms with Gasteiger partial charge in [0.2, 0.25) is 0 Å². The van der Waals surface area contributed by atoms with E-state index >= 15 is 0 Å². The molecule has 0 fully saturated rings. The number of imidazole rings is 1. The van der Waals surface area contributed by atoms with Gasteiger partial charge in [-0.3, -0.25) is 4.99 Å². The van der Waals surface area contributed by atoms with E-state index in [1.807, 2.05) is 6.07 Å². The van der Waals surface area contributed by atoms with Gasteiger partial charge in [-0.1, -0.05) is 18.2 Å². The number of aliphatic imine (C=N–C) groups is 1. The topological polar surface area (TPSA) is 54.2 Å². The molecule has 2 N–H and O–H groups in total. The second-order valence-electron chi connectivity index (χ2n) is 5.66. The molecule has 2 aromatic carbocycles. The highest BCUT2D eigenvalue weighted by Crippen LogP contribution is 2.14. The van der Waals surface area contributed by atoms with Crippen LogP contribution in [0, 0.1) is 11.6 Å². The second-order valence-corrected chi connectivity index (χ2v) is 5.66. The van der Waals surface area contributed by atoms with E-state index in [9.17, 15) is 8.78 Å². The third-order valence-corrected chi connectivity index (χ3v) is 3.85. The standard InChI is InChI=1S/C19H19F2N5/c1-22-19(24-11-14-2-5-16(20)6-3-14)25-12-15-4-7-18(17(21)10-15)26-9-8-23-13-26/h2-10,13H,11-12H2,1H3,(H2,22,24,25). The molecule has 0 spiro atoms. The number of nitrogens with zero attached hydrogens (tertiary/aromatic N) is 3. The van der Waals surface area contributed by atoms with Crippen molar-refractivity contribution in [2.45, 2.75) is 13.1 Å². The van der Waals surface area contributed by atoms with Crippen LogP contribution in [0.2, 0.25) is 0 Å². The van der Waals surface area contributed by atoms with Crippen molar-refractivity contribution in [3.8, 4) is 5.69 Å². The summed E-state index contributed by atoms with van der Waals surface area (Å²) in [6.45, 7) is 0.929. The van der Waals surface area contributed by atoms with Crippen LogP contribution >= 0.6 is 0 Å². The maximum Gasteiger partial charge on any atom is 0.191 e. The van der Waals surface area contributed by atoms with Crippen molar-refractivity contribution >= 4 is 5.96 Å². The second kappa shape index (κ2) is 8.24. The number of aromatic nitrogens is 2. The smallest absolute Gasteiger partial charge is 0.191 e. The Hall–Kier alpha value is -3.22. The molecule has 0 saturated carbocycles. The summed E-state index contributed by atoms with van der Waals surface area (Å²) >= 11 is 0. The van der Waals surface area contributed by atoms with E-state index in [-0.39, 0.29) is 11.6 Å². The first-order valence-electron chi connectivity index (χ1n) is 8.11. The molecule has 0 atom stereocenters. The number of guanidine groups is 1. The van der Waals surface area contributed by atoms with Gasteiger partial charge in [0.25, 0.3) is 0 Å². The van der Waals surface area contributed by atoms with Gasteiger partial charge in [0.05, 0.1) is 12.0 Å². The van der Waals surface area contributed by atoms with E-state index in [2.05, 4.69) is 20.6 Å². The molecule has 3 aromatic rings. The molecule has 1 heterocycles. The van der Waals surface area contributed by atoms with Crippen molar-refractivity contribution < 1.29 is 8.78 Å². The number of nitrogens with one attached hydrogen (secondary N) is 2.